The van der Waals surface area contributed by atoms with Crippen molar-refractivity contribution in [2.45, 2.75) is 57.2 Å². The number of anilines is 1. The summed E-state index contributed by atoms with van der Waals surface area (Å²) < 4.78 is 37.5. The largest absolute Gasteiger partial charge is 0.465 e. The maximum absolute atomic E-state index is 12.5. The molecule has 4 N–H and O–H groups in total. The van der Waals surface area contributed by atoms with Crippen LogP contribution in [0.25, 0.3) is 0 Å². The molecule has 0 saturated heterocycles. The van der Waals surface area contributed by atoms with E-state index in [1.165, 1.54) is 0 Å². The Morgan fingerprint density at radius 2 is 2.06 bits per heavy atom. The molecule has 12 heteroatoms. The van der Waals surface area contributed by atoms with E-state index in [1.54, 1.807) is 6.07 Å². The maximum Gasteiger partial charge on any atom is 0.434 e. The molecule has 1 saturated carbocycles. The summed E-state index contributed by atoms with van der Waals surface area (Å²) in [6, 6.07) is 1.62. The van der Waals surface area contributed by atoms with Crippen LogP contribution in [0.3, 0.4) is 0 Å². The van der Waals surface area contributed by atoms with Gasteiger partial charge < -0.3 is 15.7 Å². The normalized spacial score (nSPS) is 19.7. The molecule has 1 aliphatic carbocycles. The van der Waals surface area contributed by atoms with Crippen LogP contribution < -0.4 is 10.6 Å². The average molecular weight is 440 g/mol. The fourth-order valence-corrected chi connectivity index (χ4v) is 3.89. The minimum atomic E-state index is -4.58. The summed E-state index contributed by atoms with van der Waals surface area (Å²) in [6.45, 7) is 1.84. The Hall–Kier alpha value is -3.18. The zero-order chi connectivity index (χ0) is 22.6. The molecule has 3 atom stereocenters. The summed E-state index contributed by atoms with van der Waals surface area (Å²) in [7, 11) is 0. The first kappa shape index (κ1) is 22.5. The van der Waals surface area contributed by atoms with Crippen LogP contribution in [0.15, 0.2) is 18.5 Å². The lowest BCUT2D eigenvalue weighted by atomic mass is 9.96. The Morgan fingerprint density at radius 1 is 1.29 bits per heavy atom. The van der Waals surface area contributed by atoms with E-state index >= 15 is 0 Å². The molecule has 1 unspecified atom stereocenters. The van der Waals surface area contributed by atoms with Crippen molar-refractivity contribution in [2.24, 2.45) is 5.92 Å². The molecule has 1 fully saturated rings. The molecule has 31 heavy (non-hydrogen) atoms. The number of alkyl halides is 3. The van der Waals surface area contributed by atoms with Gasteiger partial charge in [0.05, 0.1) is 18.3 Å². The van der Waals surface area contributed by atoms with E-state index in [2.05, 4.69) is 30.8 Å². The van der Waals surface area contributed by atoms with Crippen LogP contribution in [0.1, 0.15) is 55.6 Å². The van der Waals surface area contributed by atoms with E-state index in [4.69, 9.17) is 5.11 Å². The highest BCUT2D eigenvalue weighted by Crippen LogP contribution is 2.40. The number of carbonyl (C=O) groups is 2. The van der Waals surface area contributed by atoms with Gasteiger partial charge in [-0.1, -0.05) is 0 Å². The van der Waals surface area contributed by atoms with Gasteiger partial charge in [0.15, 0.2) is 11.5 Å². The average Bonchev–Trinajstić information content (AvgIpc) is 3.30. The summed E-state index contributed by atoms with van der Waals surface area (Å²) in [5.41, 5.74) is -0.119. The van der Waals surface area contributed by atoms with Crippen molar-refractivity contribution >= 4 is 17.8 Å². The van der Waals surface area contributed by atoms with Crippen molar-refractivity contribution in [3.63, 3.8) is 0 Å². The predicted molar refractivity (Wildman–Crippen MR) is 103 cm³/mol. The Labute approximate surface area is 175 Å². The Morgan fingerprint density at radius 3 is 2.71 bits per heavy atom. The first-order chi connectivity index (χ1) is 14.6. The standard InChI is InChI=1S/C19H23F3N6O3/c1-10(25-18(30)31)4-11-2-3-12(5-11)14-7-16(28-27-14)26-17(29)6-13-8-24-15(9-23-13)19(20,21)22/h7-12,25H,2-6H2,1H3,(H,30,31)(H2,26,27,28,29)/t10?,11-,12-/m0/s1. The molecular formula is C19H23F3N6O3. The van der Waals surface area contributed by atoms with Gasteiger partial charge in [-0.15, -0.1) is 0 Å². The van der Waals surface area contributed by atoms with E-state index in [-0.39, 0.29) is 24.1 Å². The second-order valence-electron chi connectivity index (χ2n) is 7.79. The highest BCUT2D eigenvalue weighted by atomic mass is 19.4. The lowest BCUT2D eigenvalue weighted by molar-refractivity contribution is -0.141. The number of halogens is 3. The van der Waals surface area contributed by atoms with Crippen molar-refractivity contribution < 1.29 is 27.9 Å². The summed E-state index contributed by atoms with van der Waals surface area (Å²) in [5, 5.41) is 20.9. The second-order valence-corrected chi connectivity index (χ2v) is 7.79. The van der Waals surface area contributed by atoms with Crippen molar-refractivity contribution in [1.82, 2.24) is 25.5 Å². The maximum atomic E-state index is 12.5. The number of amides is 2. The Bertz CT molecular complexity index is 915. The number of aromatic nitrogens is 4. The fourth-order valence-electron chi connectivity index (χ4n) is 3.89. The van der Waals surface area contributed by atoms with Crippen LogP contribution in [0, 0.1) is 5.92 Å². The number of rotatable bonds is 7. The minimum Gasteiger partial charge on any atom is -0.465 e. The first-order valence-corrected chi connectivity index (χ1v) is 9.83. The molecule has 0 aromatic carbocycles. The molecule has 168 valence electrons. The quantitative estimate of drug-likeness (QED) is 0.522. The lowest BCUT2D eigenvalue weighted by Crippen LogP contribution is -2.32. The molecule has 9 nitrogen and oxygen atoms in total. The molecule has 2 amide bonds. The van der Waals surface area contributed by atoms with Crippen LogP contribution in [0.4, 0.5) is 23.8 Å². The summed E-state index contributed by atoms with van der Waals surface area (Å²) in [4.78, 5) is 29.8. The zero-order valence-electron chi connectivity index (χ0n) is 16.7. The van der Waals surface area contributed by atoms with Crippen LogP contribution in [-0.4, -0.2) is 43.3 Å². The number of aromatic amines is 1. The van der Waals surface area contributed by atoms with Crippen molar-refractivity contribution in [3.05, 3.63) is 35.5 Å². The third-order valence-corrected chi connectivity index (χ3v) is 5.24. The van der Waals surface area contributed by atoms with Gasteiger partial charge in [-0.05, 0) is 38.5 Å². The van der Waals surface area contributed by atoms with E-state index < -0.39 is 23.9 Å². The first-order valence-electron chi connectivity index (χ1n) is 9.83. The van der Waals surface area contributed by atoms with Gasteiger partial charge in [0.25, 0.3) is 0 Å². The molecule has 2 aromatic rings. The van der Waals surface area contributed by atoms with E-state index in [1.807, 2.05) is 6.92 Å². The topological polar surface area (TPSA) is 133 Å². The van der Waals surface area contributed by atoms with Gasteiger partial charge in [-0.25, -0.2) is 9.78 Å². The van der Waals surface area contributed by atoms with Gasteiger partial charge >= 0.3 is 12.3 Å². The smallest absolute Gasteiger partial charge is 0.434 e. The molecule has 0 aliphatic heterocycles. The van der Waals surface area contributed by atoms with Gasteiger partial charge in [0.2, 0.25) is 5.91 Å². The van der Waals surface area contributed by atoms with Gasteiger partial charge in [-0.3, -0.25) is 14.9 Å². The SMILES string of the molecule is CC(C[C@@H]1CC[C@H](c2cc(NC(=O)Cc3cnc(C(F)(F)F)cn3)n[nH]2)C1)NC(=O)O. The molecule has 3 rings (SSSR count). The number of nitrogens with zero attached hydrogens (tertiary/aromatic N) is 3. The number of carbonyl (C=O) groups excluding carboxylic acids is 1. The molecule has 0 bridgehead atoms. The Kier molecular flexibility index (Phi) is 6.76. The lowest BCUT2D eigenvalue weighted by Gasteiger charge is -2.16. The molecular weight excluding hydrogens is 417 g/mol. The van der Waals surface area contributed by atoms with Crippen molar-refractivity contribution in [3.8, 4) is 0 Å². The van der Waals surface area contributed by atoms with Crippen LogP contribution in [0.5, 0.6) is 0 Å². The molecule has 0 radical (unpaired) electrons. The fraction of sp³-hybridized carbons (Fsp3) is 0.526. The molecule has 1 aliphatic rings. The third kappa shape index (κ3) is 6.40. The second kappa shape index (κ2) is 9.31. The molecule has 2 heterocycles. The molecule has 0 spiro atoms. The van der Waals surface area contributed by atoms with E-state index in [0.29, 0.717) is 17.9 Å². The van der Waals surface area contributed by atoms with Crippen LogP contribution >= 0.6 is 0 Å². The predicted octanol–water partition coefficient (Wildman–Crippen LogP) is 3.33. The summed E-state index contributed by atoms with van der Waals surface area (Å²) >= 11 is 0. The van der Waals surface area contributed by atoms with E-state index in [0.717, 1.165) is 37.6 Å². The van der Waals surface area contributed by atoms with E-state index in [9.17, 15) is 22.8 Å². The number of H-pyrrole nitrogens is 1. The summed E-state index contributed by atoms with van der Waals surface area (Å²) in [5.74, 6) is 0.488. The number of hydrogen-bond acceptors (Lipinski definition) is 5. The highest BCUT2D eigenvalue weighted by molar-refractivity contribution is 5.91. The minimum absolute atomic E-state index is 0.115. The third-order valence-electron chi connectivity index (χ3n) is 5.24. The summed E-state index contributed by atoms with van der Waals surface area (Å²) in [6.07, 6.45) is -0.757. The van der Waals surface area contributed by atoms with Gasteiger partial charge in [0.1, 0.15) is 0 Å². The monoisotopic (exact) mass is 440 g/mol. The number of nitrogens with one attached hydrogen (secondary N) is 3. The zero-order valence-corrected chi connectivity index (χ0v) is 16.7. The van der Waals surface area contributed by atoms with Crippen LogP contribution in [-0.2, 0) is 17.4 Å². The van der Waals surface area contributed by atoms with Crippen molar-refractivity contribution in [1.29, 1.82) is 0 Å². The van der Waals surface area contributed by atoms with Gasteiger partial charge in [0, 0.05) is 29.9 Å². The van der Waals surface area contributed by atoms with Crippen molar-refractivity contribution in [2.75, 3.05) is 5.32 Å². The number of carboxylic acid groups (broad SMARTS) is 1. The molecule has 2 aromatic heterocycles. The van der Waals surface area contributed by atoms with Gasteiger partial charge in [-0.2, -0.15) is 18.3 Å². The Balaban J connectivity index is 1.49. The van der Waals surface area contributed by atoms with Crippen LogP contribution in [0.2, 0.25) is 0 Å². The highest BCUT2D eigenvalue weighted by Gasteiger charge is 2.33. The number of hydrogen-bond donors (Lipinski definition) is 4.